The van der Waals surface area contributed by atoms with E-state index >= 15 is 0 Å². The van der Waals surface area contributed by atoms with E-state index in [0.29, 0.717) is 16.9 Å². The molecule has 0 aliphatic carbocycles. The fraction of sp³-hybridized carbons (Fsp3) is 0.0556. The smallest absolute Gasteiger partial charge is 0.277 e. The van der Waals surface area contributed by atoms with Crippen LogP contribution in [0, 0.1) is 0 Å². The average Bonchev–Trinajstić information content (AvgIpc) is 3.28. The van der Waals surface area contributed by atoms with Crippen molar-refractivity contribution in [3.8, 4) is 11.5 Å². The fourth-order valence-corrected chi connectivity index (χ4v) is 2.82. The maximum Gasteiger partial charge on any atom is 0.277 e. The Bertz CT molecular complexity index is 1230. The van der Waals surface area contributed by atoms with Gasteiger partial charge in [0.15, 0.2) is 11.4 Å². The van der Waals surface area contributed by atoms with Crippen LogP contribution < -0.4 is 16.8 Å². The van der Waals surface area contributed by atoms with Crippen LogP contribution in [0.3, 0.4) is 0 Å². The highest BCUT2D eigenvalue weighted by atomic mass is 16.3. The Morgan fingerprint density at radius 1 is 1.21 bits per heavy atom. The summed E-state index contributed by atoms with van der Waals surface area (Å²) in [5, 5.41) is 7.26. The lowest BCUT2D eigenvalue weighted by Crippen LogP contribution is -2.18. The molecule has 0 radical (unpaired) electrons. The number of nitrogen functional groups attached to an aromatic ring is 1. The standard InChI is InChI=1S/C18H15N7O3/c1-25-7-12(15(24-25)16(20)26)22-17(27)13-8-28-18(23-13)10-6-14(19)21-11-5-3-2-4-9(10)11/h2-8H,1H3,(H2,19,21)(H2,20,26)(H,22,27). The predicted molar refractivity (Wildman–Crippen MR) is 101 cm³/mol. The third-order valence-electron chi connectivity index (χ3n) is 4.01. The van der Waals surface area contributed by atoms with Gasteiger partial charge in [0.2, 0.25) is 5.89 Å². The number of carbonyl (C=O) groups excluding carboxylic acids is 2. The normalized spacial score (nSPS) is 10.9. The Kier molecular flexibility index (Phi) is 4.00. The number of hydrogen-bond donors (Lipinski definition) is 3. The first-order valence-corrected chi connectivity index (χ1v) is 8.18. The van der Waals surface area contributed by atoms with Gasteiger partial charge in [0.1, 0.15) is 12.1 Å². The molecule has 3 aromatic heterocycles. The number of rotatable bonds is 4. The van der Waals surface area contributed by atoms with E-state index in [1.54, 1.807) is 13.1 Å². The summed E-state index contributed by atoms with van der Waals surface area (Å²) in [6.45, 7) is 0. The molecule has 10 heteroatoms. The summed E-state index contributed by atoms with van der Waals surface area (Å²) >= 11 is 0. The number of oxazole rings is 1. The predicted octanol–water partition coefficient (Wildman–Crippen LogP) is 1.56. The van der Waals surface area contributed by atoms with Crippen LogP contribution in [-0.2, 0) is 7.05 Å². The van der Waals surface area contributed by atoms with Crippen molar-refractivity contribution in [3.63, 3.8) is 0 Å². The number of primary amides is 1. The van der Waals surface area contributed by atoms with Gasteiger partial charge in [-0.05, 0) is 12.1 Å². The van der Waals surface area contributed by atoms with Gasteiger partial charge in [-0.15, -0.1) is 0 Å². The second kappa shape index (κ2) is 6.50. The van der Waals surface area contributed by atoms with E-state index in [1.807, 2.05) is 24.3 Å². The first-order chi connectivity index (χ1) is 13.4. The van der Waals surface area contributed by atoms with Crippen LogP contribution in [0.1, 0.15) is 21.0 Å². The Balaban J connectivity index is 1.67. The molecule has 0 bridgehead atoms. The van der Waals surface area contributed by atoms with E-state index in [4.69, 9.17) is 15.9 Å². The zero-order chi connectivity index (χ0) is 19.8. The van der Waals surface area contributed by atoms with Gasteiger partial charge in [-0.2, -0.15) is 5.10 Å². The van der Waals surface area contributed by atoms with E-state index < -0.39 is 11.8 Å². The van der Waals surface area contributed by atoms with Gasteiger partial charge in [-0.25, -0.2) is 9.97 Å². The number of fused-ring (bicyclic) bond motifs is 1. The number of nitrogens with one attached hydrogen (secondary N) is 1. The van der Waals surface area contributed by atoms with E-state index in [9.17, 15) is 9.59 Å². The molecule has 4 rings (SSSR count). The van der Waals surface area contributed by atoms with Crippen LogP contribution in [0.2, 0.25) is 0 Å². The number of carbonyl (C=O) groups is 2. The SMILES string of the molecule is Cn1cc(NC(=O)c2coc(-c3cc(N)nc4ccccc34)n2)c(C(N)=O)n1. The maximum absolute atomic E-state index is 12.5. The Hall–Kier alpha value is -4.21. The summed E-state index contributed by atoms with van der Waals surface area (Å²) in [6, 6.07) is 9.00. The summed E-state index contributed by atoms with van der Waals surface area (Å²) in [6.07, 6.45) is 2.69. The molecule has 3 heterocycles. The van der Waals surface area contributed by atoms with Gasteiger partial charge in [0.05, 0.1) is 16.8 Å². The van der Waals surface area contributed by atoms with Gasteiger partial charge in [0.25, 0.3) is 11.8 Å². The van der Waals surface area contributed by atoms with Crippen molar-refractivity contribution < 1.29 is 14.0 Å². The molecule has 5 N–H and O–H groups in total. The molecule has 10 nitrogen and oxygen atoms in total. The lowest BCUT2D eigenvalue weighted by atomic mass is 10.1. The Morgan fingerprint density at radius 3 is 2.79 bits per heavy atom. The summed E-state index contributed by atoms with van der Waals surface area (Å²) in [5.74, 6) is -0.802. The number of benzene rings is 1. The minimum absolute atomic E-state index is 0.0220. The highest BCUT2D eigenvalue weighted by Gasteiger charge is 2.20. The molecule has 0 saturated heterocycles. The van der Waals surface area contributed by atoms with Crippen molar-refractivity contribution in [2.24, 2.45) is 12.8 Å². The highest BCUT2D eigenvalue weighted by molar-refractivity contribution is 6.07. The van der Waals surface area contributed by atoms with Crippen LogP contribution in [0.5, 0.6) is 0 Å². The number of aromatic nitrogens is 4. The van der Waals surface area contributed by atoms with Gasteiger partial charge in [-0.1, -0.05) is 18.2 Å². The monoisotopic (exact) mass is 377 g/mol. The lowest BCUT2D eigenvalue weighted by molar-refractivity contribution is 0.0995. The molecular formula is C18H15N7O3. The second-order valence-electron chi connectivity index (χ2n) is 6.03. The topological polar surface area (TPSA) is 155 Å². The Morgan fingerprint density at radius 2 is 2.00 bits per heavy atom. The summed E-state index contributed by atoms with van der Waals surface area (Å²) in [5.41, 5.74) is 12.6. The fourth-order valence-electron chi connectivity index (χ4n) is 2.82. The van der Waals surface area contributed by atoms with E-state index in [1.165, 1.54) is 17.1 Å². The molecule has 4 aromatic rings. The van der Waals surface area contributed by atoms with Crippen molar-refractivity contribution in [3.05, 3.63) is 54.2 Å². The van der Waals surface area contributed by atoms with Crippen molar-refractivity contribution in [1.29, 1.82) is 0 Å². The minimum Gasteiger partial charge on any atom is -0.444 e. The van der Waals surface area contributed by atoms with Crippen molar-refractivity contribution in [2.45, 2.75) is 0 Å². The second-order valence-corrected chi connectivity index (χ2v) is 6.03. The molecule has 28 heavy (non-hydrogen) atoms. The van der Waals surface area contributed by atoms with Crippen molar-refractivity contribution in [2.75, 3.05) is 11.1 Å². The molecule has 0 fully saturated rings. The quantitative estimate of drug-likeness (QED) is 0.487. The van der Waals surface area contributed by atoms with Gasteiger partial charge in [0, 0.05) is 18.6 Å². The molecule has 0 saturated carbocycles. The van der Waals surface area contributed by atoms with Crippen LogP contribution in [0.4, 0.5) is 11.5 Å². The third-order valence-corrected chi connectivity index (χ3v) is 4.01. The van der Waals surface area contributed by atoms with E-state index in [0.717, 1.165) is 5.39 Å². The zero-order valence-corrected chi connectivity index (χ0v) is 14.7. The van der Waals surface area contributed by atoms with Gasteiger partial charge in [-0.3, -0.25) is 14.3 Å². The summed E-state index contributed by atoms with van der Waals surface area (Å²) in [4.78, 5) is 32.5. The van der Waals surface area contributed by atoms with Crippen LogP contribution in [0.15, 0.2) is 47.2 Å². The molecule has 140 valence electrons. The number of aryl methyl sites for hydroxylation is 1. The average molecular weight is 377 g/mol. The molecule has 0 unspecified atom stereocenters. The molecule has 2 amide bonds. The lowest BCUT2D eigenvalue weighted by Gasteiger charge is -2.04. The van der Waals surface area contributed by atoms with Crippen LogP contribution >= 0.6 is 0 Å². The number of para-hydroxylation sites is 1. The first-order valence-electron chi connectivity index (χ1n) is 8.18. The third kappa shape index (κ3) is 3.03. The first kappa shape index (κ1) is 17.2. The van der Waals surface area contributed by atoms with Crippen molar-refractivity contribution in [1.82, 2.24) is 19.7 Å². The molecule has 0 aliphatic heterocycles. The molecule has 0 atom stereocenters. The van der Waals surface area contributed by atoms with E-state index in [-0.39, 0.29) is 23.0 Å². The zero-order valence-electron chi connectivity index (χ0n) is 14.7. The van der Waals surface area contributed by atoms with Crippen LogP contribution in [-0.4, -0.2) is 31.6 Å². The molecule has 0 aliphatic rings. The van der Waals surface area contributed by atoms with Crippen LogP contribution in [0.25, 0.3) is 22.4 Å². The summed E-state index contributed by atoms with van der Waals surface area (Å²) in [7, 11) is 1.61. The highest BCUT2D eigenvalue weighted by Crippen LogP contribution is 2.29. The maximum atomic E-state index is 12.5. The van der Waals surface area contributed by atoms with E-state index in [2.05, 4.69) is 20.4 Å². The van der Waals surface area contributed by atoms with Gasteiger partial charge >= 0.3 is 0 Å². The molecule has 1 aromatic carbocycles. The number of nitrogens with two attached hydrogens (primary N) is 2. The number of anilines is 2. The Labute approximate surface area is 158 Å². The number of nitrogens with zero attached hydrogens (tertiary/aromatic N) is 4. The number of pyridine rings is 1. The number of hydrogen-bond acceptors (Lipinski definition) is 7. The molecule has 0 spiro atoms. The summed E-state index contributed by atoms with van der Waals surface area (Å²) < 4.78 is 6.86. The minimum atomic E-state index is -0.754. The van der Waals surface area contributed by atoms with Gasteiger partial charge < -0.3 is 21.2 Å². The van der Waals surface area contributed by atoms with Crippen molar-refractivity contribution >= 4 is 34.2 Å². The molecular weight excluding hydrogens is 362 g/mol. The number of amides is 2. The largest absolute Gasteiger partial charge is 0.444 e.